The van der Waals surface area contributed by atoms with E-state index in [1.807, 2.05) is 62.4 Å². The molecule has 0 saturated carbocycles. The van der Waals surface area contributed by atoms with Gasteiger partial charge in [0.15, 0.2) is 0 Å². The van der Waals surface area contributed by atoms with Gasteiger partial charge >= 0.3 is 11.9 Å². The Morgan fingerprint density at radius 3 is 1.34 bits per heavy atom. The second kappa shape index (κ2) is 12.3. The maximum Gasteiger partial charge on any atom is 0.327 e. The number of nitrogens with zero attached hydrogens (tertiary/aromatic N) is 2. The molecule has 2 heterocycles. The zero-order valence-corrected chi connectivity index (χ0v) is 23.0. The van der Waals surface area contributed by atoms with Gasteiger partial charge in [-0.1, -0.05) is 59.7 Å². The van der Waals surface area contributed by atoms with Crippen molar-refractivity contribution in [3.8, 4) is 0 Å². The standard InChI is InChI=1S/C28H32N2O6S2/c1-17-7-11-19(12-8-17)25-29(21(15-37-25)27(33)34)23(31)5-3-4-6-24(32)30-22(28(35)36)16-38-26(30)20-13-9-18(2)10-14-20/h7-14,21-22,25-26H,3-6,15-16H2,1-2H3,(H,33,34)(H,35,36)/t21-,22-,25?,26?/m0/s1. The van der Waals surface area contributed by atoms with Gasteiger partial charge in [-0.2, -0.15) is 0 Å². The molecular weight excluding hydrogens is 524 g/mol. The van der Waals surface area contributed by atoms with E-state index < -0.39 is 24.0 Å². The number of hydrogen-bond donors (Lipinski definition) is 2. The third-order valence-corrected chi connectivity index (χ3v) is 9.55. The van der Waals surface area contributed by atoms with Gasteiger partial charge in [-0.25, -0.2) is 9.59 Å². The predicted molar refractivity (Wildman–Crippen MR) is 148 cm³/mol. The van der Waals surface area contributed by atoms with Crippen molar-refractivity contribution >= 4 is 47.3 Å². The predicted octanol–water partition coefficient (Wildman–Crippen LogP) is 4.62. The summed E-state index contributed by atoms with van der Waals surface area (Å²) < 4.78 is 0. The number of unbranched alkanes of at least 4 members (excludes halogenated alkanes) is 1. The van der Waals surface area contributed by atoms with Crippen molar-refractivity contribution in [1.82, 2.24) is 9.80 Å². The third-order valence-electron chi connectivity index (χ3n) is 6.90. The number of carbonyl (C=O) groups is 4. The molecule has 0 bridgehead atoms. The Labute approximate surface area is 230 Å². The molecule has 4 atom stereocenters. The van der Waals surface area contributed by atoms with Crippen molar-refractivity contribution in [3.63, 3.8) is 0 Å². The van der Waals surface area contributed by atoms with Gasteiger partial charge in [-0.3, -0.25) is 9.59 Å². The average Bonchev–Trinajstić information content (AvgIpc) is 3.53. The molecule has 2 saturated heterocycles. The molecule has 2 fully saturated rings. The van der Waals surface area contributed by atoms with E-state index in [-0.39, 0.29) is 35.4 Å². The summed E-state index contributed by atoms with van der Waals surface area (Å²) in [4.78, 5) is 53.0. The fourth-order valence-electron chi connectivity index (χ4n) is 4.79. The smallest absolute Gasteiger partial charge is 0.327 e. The lowest BCUT2D eigenvalue weighted by Gasteiger charge is -2.28. The van der Waals surface area contributed by atoms with Crippen molar-refractivity contribution in [1.29, 1.82) is 0 Å². The van der Waals surface area contributed by atoms with Crippen LogP contribution in [0.1, 0.15) is 58.7 Å². The number of hydrogen-bond acceptors (Lipinski definition) is 6. The molecular formula is C28H32N2O6S2. The fourth-order valence-corrected chi connectivity index (χ4v) is 7.67. The van der Waals surface area contributed by atoms with Crippen LogP contribution in [-0.2, 0) is 19.2 Å². The van der Waals surface area contributed by atoms with Crippen LogP contribution in [0.15, 0.2) is 48.5 Å². The molecule has 0 aliphatic carbocycles. The molecule has 38 heavy (non-hydrogen) atoms. The Morgan fingerprint density at radius 1 is 0.684 bits per heavy atom. The van der Waals surface area contributed by atoms with Gasteiger partial charge in [0.05, 0.1) is 0 Å². The Bertz CT molecular complexity index is 1090. The van der Waals surface area contributed by atoms with E-state index in [2.05, 4.69) is 0 Å². The van der Waals surface area contributed by atoms with E-state index in [0.29, 0.717) is 24.3 Å². The summed E-state index contributed by atoms with van der Waals surface area (Å²) >= 11 is 2.89. The molecule has 10 heteroatoms. The lowest BCUT2D eigenvalue weighted by atomic mass is 10.1. The Kier molecular flexibility index (Phi) is 9.04. The Hall–Kier alpha value is -2.98. The van der Waals surface area contributed by atoms with Gasteiger partial charge in [-0.05, 0) is 37.8 Å². The van der Waals surface area contributed by atoms with Crippen LogP contribution in [0, 0.1) is 13.8 Å². The van der Waals surface area contributed by atoms with Gasteiger partial charge in [0.2, 0.25) is 11.8 Å². The molecule has 4 rings (SSSR count). The van der Waals surface area contributed by atoms with Crippen LogP contribution in [0.5, 0.6) is 0 Å². The monoisotopic (exact) mass is 556 g/mol. The topological polar surface area (TPSA) is 115 Å². The number of amides is 2. The Balaban J connectivity index is 1.37. The molecule has 2 aliphatic rings. The van der Waals surface area contributed by atoms with Gasteiger partial charge in [0.1, 0.15) is 22.8 Å². The molecule has 0 radical (unpaired) electrons. The second-order valence-corrected chi connectivity index (χ2v) is 11.9. The molecule has 202 valence electrons. The molecule has 8 nitrogen and oxygen atoms in total. The minimum absolute atomic E-state index is 0.123. The first-order valence-corrected chi connectivity index (χ1v) is 14.7. The van der Waals surface area contributed by atoms with Crippen LogP contribution < -0.4 is 0 Å². The number of carbonyl (C=O) groups excluding carboxylic acids is 2. The fraction of sp³-hybridized carbons (Fsp3) is 0.429. The second-order valence-electron chi connectivity index (χ2n) is 9.71. The molecule has 2 amide bonds. The number of carboxylic acid groups (broad SMARTS) is 2. The lowest BCUT2D eigenvalue weighted by molar-refractivity contribution is -0.149. The van der Waals surface area contributed by atoms with Crippen molar-refractivity contribution < 1.29 is 29.4 Å². The van der Waals surface area contributed by atoms with E-state index in [1.165, 1.54) is 33.3 Å². The van der Waals surface area contributed by atoms with Crippen LogP contribution in [-0.4, -0.2) is 67.4 Å². The maximum atomic E-state index is 13.2. The summed E-state index contributed by atoms with van der Waals surface area (Å²) in [5.74, 6) is -1.91. The molecule has 2 aromatic rings. The minimum atomic E-state index is -1.02. The van der Waals surface area contributed by atoms with Gasteiger partial charge < -0.3 is 20.0 Å². The number of aliphatic carboxylic acids is 2. The molecule has 0 spiro atoms. The van der Waals surface area contributed by atoms with E-state index in [9.17, 15) is 29.4 Å². The Morgan fingerprint density at radius 2 is 1.03 bits per heavy atom. The normalized spacial score (nSPS) is 23.0. The largest absolute Gasteiger partial charge is 0.480 e. The molecule has 0 aromatic heterocycles. The van der Waals surface area contributed by atoms with Gasteiger partial charge in [0.25, 0.3) is 0 Å². The summed E-state index contributed by atoms with van der Waals surface area (Å²) in [7, 11) is 0. The maximum absolute atomic E-state index is 13.2. The van der Waals surface area contributed by atoms with Crippen LogP contribution in [0.25, 0.3) is 0 Å². The number of aryl methyl sites for hydroxylation is 2. The lowest BCUT2D eigenvalue weighted by Crippen LogP contribution is -2.43. The first-order valence-electron chi connectivity index (χ1n) is 12.6. The minimum Gasteiger partial charge on any atom is -0.480 e. The number of carboxylic acids is 2. The van der Waals surface area contributed by atoms with Crippen LogP contribution in [0.4, 0.5) is 0 Å². The summed E-state index contributed by atoms with van der Waals surface area (Å²) in [6.45, 7) is 3.94. The third kappa shape index (κ3) is 6.18. The van der Waals surface area contributed by atoms with Crippen LogP contribution in [0.2, 0.25) is 0 Å². The quantitative estimate of drug-likeness (QED) is 0.430. The summed E-state index contributed by atoms with van der Waals surface area (Å²) in [5, 5.41) is 18.7. The van der Waals surface area contributed by atoms with Gasteiger partial charge in [-0.15, -0.1) is 23.5 Å². The van der Waals surface area contributed by atoms with E-state index in [1.54, 1.807) is 0 Å². The highest BCUT2D eigenvalue weighted by atomic mass is 32.2. The molecule has 2 aliphatic heterocycles. The molecule has 2 unspecified atom stereocenters. The summed E-state index contributed by atoms with van der Waals surface area (Å²) in [6, 6.07) is 13.7. The van der Waals surface area contributed by atoms with E-state index in [0.717, 1.165) is 22.3 Å². The zero-order valence-electron chi connectivity index (χ0n) is 21.4. The summed E-state index contributed by atoms with van der Waals surface area (Å²) in [6.07, 6.45) is 1.07. The van der Waals surface area contributed by atoms with Gasteiger partial charge in [0, 0.05) is 24.3 Å². The molecule has 2 aromatic carbocycles. The van der Waals surface area contributed by atoms with Crippen molar-refractivity contribution in [2.45, 2.75) is 62.4 Å². The first-order chi connectivity index (χ1) is 18.2. The summed E-state index contributed by atoms with van der Waals surface area (Å²) in [5.41, 5.74) is 3.95. The van der Waals surface area contributed by atoms with Crippen LogP contribution >= 0.6 is 23.5 Å². The highest BCUT2D eigenvalue weighted by Crippen LogP contribution is 2.43. The van der Waals surface area contributed by atoms with E-state index >= 15 is 0 Å². The average molecular weight is 557 g/mol. The zero-order chi connectivity index (χ0) is 27.4. The highest BCUT2D eigenvalue weighted by Gasteiger charge is 2.43. The van der Waals surface area contributed by atoms with Crippen molar-refractivity contribution in [2.24, 2.45) is 0 Å². The number of thioether (sulfide) groups is 2. The van der Waals surface area contributed by atoms with Crippen LogP contribution in [0.3, 0.4) is 0 Å². The van der Waals surface area contributed by atoms with E-state index in [4.69, 9.17) is 0 Å². The van der Waals surface area contributed by atoms with Crippen molar-refractivity contribution in [3.05, 3.63) is 70.8 Å². The van der Waals surface area contributed by atoms with Crippen molar-refractivity contribution in [2.75, 3.05) is 11.5 Å². The number of benzene rings is 2. The SMILES string of the molecule is Cc1ccc(C2SC[C@@H](C(=O)O)N2C(=O)CCCCC(=O)N2C(c3ccc(C)cc3)SC[C@H]2C(=O)O)cc1. The highest BCUT2D eigenvalue weighted by molar-refractivity contribution is 8.00. The molecule has 2 N–H and O–H groups in total. The number of rotatable bonds is 9. The first kappa shape index (κ1) is 28.0.